The zero-order chi connectivity index (χ0) is 18.1. The Kier molecular flexibility index (Phi) is 4.14. The summed E-state index contributed by atoms with van der Waals surface area (Å²) >= 11 is 0. The first kappa shape index (κ1) is 16.5. The highest BCUT2D eigenvalue weighted by Gasteiger charge is 2.20. The number of benzene rings is 2. The number of aryl methyl sites for hydroxylation is 2. The molecular formula is C18H16N2O5. The molecule has 1 amide bonds. The lowest BCUT2D eigenvalue weighted by Gasteiger charge is -2.06. The summed E-state index contributed by atoms with van der Waals surface area (Å²) in [6.07, 6.45) is 0. The van der Waals surface area contributed by atoms with Crippen molar-refractivity contribution in [2.45, 2.75) is 13.8 Å². The predicted molar refractivity (Wildman–Crippen MR) is 93.3 cm³/mol. The van der Waals surface area contributed by atoms with Gasteiger partial charge in [0.1, 0.15) is 17.1 Å². The van der Waals surface area contributed by atoms with Gasteiger partial charge in [0, 0.05) is 22.7 Å². The van der Waals surface area contributed by atoms with Gasteiger partial charge < -0.3 is 14.5 Å². The van der Waals surface area contributed by atoms with Crippen LogP contribution < -0.4 is 10.1 Å². The topological polar surface area (TPSA) is 94.6 Å². The quantitative estimate of drug-likeness (QED) is 0.567. The van der Waals surface area contributed by atoms with Crippen LogP contribution in [0.3, 0.4) is 0 Å². The van der Waals surface area contributed by atoms with Crippen LogP contribution in [0.25, 0.3) is 11.0 Å². The SMILES string of the molecule is COc1ccc2oc(C)c(C(=O)Nc3ccc(C)c([N+](=O)[O-])c3)c2c1. The third-order valence-electron chi connectivity index (χ3n) is 3.96. The van der Waals surface area contributed by atoms with E-state index in [2.05, 4.69) is 5.32 Å². The molecule has 1 heterocycles. The van der Waals surface area contributed by atoms with Crippen LogP contribution in [0, 0.1) is 24.0 Å². The fourth-order valence-electron chi connectivity index (χ4n) is 2.69. The standard InChI is InChI=1S/C18H16N2O5/c1-10-4-5-12(8-15(10)20(22)23)19-18(21)17-11(2)25-16-7-6-13(24-3)9-14(16)17/h4-9H,1-3H3,(H,19,21). The maximum atomic E-state index is 12.7. The molecule has 0 unspecified atom stereocenters. The molecule has 2 aromatic carbocycles. The number of fused-ring (bicyclic) bond motifs is 1. The Balaban J connectivity index is 1.99. The lowest BCUT2D eigenvalue weighted by atomic mass is 10.1. The molecule has 3 rings (SSSR count). The number of carbonyl (C=O) groups is 1. The molecule has 0 spiro atoms. The van der Waals surface area contributed by atoms with Crippen molar-refractivity contribution in [3.05, 3.63) is 63.4 Å². The highest BCUT2D eigenvalue weighted by atomic mass is 16.6. The second-order valence-corrected chi connectivity index (χ2v) is 5.61. The minimum absolute atomic E-state index is 0.0479. The number of ether oxygens (including phenoxy) is 1. The minimum Gasteiger partial charge on any atom is -0.497 e. The van der Waals surface area contributed by atoms with Gasteiger partial charge in [-0.15, -0.1) is 0 Å². The number of anilines is 1. The van der Waals surface area contributed by atoms with Gasteiger partial charge in [-0.2, -0.15) is 0 Å². The Morgan fingerprint density at radius 1 is 1.20 bits per heavy atom. The van der Waals surface area contributed by atoms with Crippen LogP contribution in [-0.4, -0.2) is 17.9 Å². The van der Waals surface area contributed by atoms with Gasteiger partial charge in [0.25, 0.3) is 11.6 Å². The molecular weight excluding hydrogens is 324 g/mol. The van der Waals surface area contributed by atoms with Gasteiger partial charge >= 0.3 is 0 Å². The molecule has 7 heteroatoms. The number of carbonyl (C=O) groups excluding carboxylic acids is 1. The van der Waals surface area contributed by atoms with Gasteiger partial charge in [-0.25, -0.2) is 0 Å². The number of nitro groups is 1. The summed E-state index contributed by atoms with van der Waals surface area (Å²) in [5.41, 5.74) is 1.76. The average Bonchev–Trinajstić information content (AvgIpc) is 2.91. The summed E-state index contributed by atoms with van der Waals surface area (Å²) in [6.45, 7) is 3.34. The lowest BCUT2D eigenvalue weighted by molar-refractivity contribution is -0.385. The highest BCUT2D eigenvalue weighted by molar-refractivity contribution is 6.13. The Bertz CT molecular complexity index is 991. The van der Waals surface area contributed by atoms with Crippen molar-refractivity contribution in [2.24, 2.45) is 0 Å². The fraction of sp³-hybridized carbons (Fsp3) is 0.167. The van der Waals surface area contributed by atoms with Gasteiger partial charge in [0.05, 0.1) is 17.6 Å². The van der Waals surface area contributed by atoms with E-state index in [1.165, 1.54) is 6.07 Å². The molecule has 128 valence electrons. The fourth-order valence-corrected chi connectivity index (χ4v) is 2.69. The normalized spacial score (nSPS) is 10.7. The zero-order valence-electron chi connectivity index (χ0n) is 14.0. The van der Waals surface area contributed by atoms with E-state index < -0.39 is 10.8 Å². The summed E-state index contributed by atoms with van der Waals surface area (Å²) in [6, 6.07) is 9.75. The van der Waals surface area contributed by atoms with Gasteiger partial charge in [0.2, 0.25) is 0 Å². The second kappa shape index (κ2) is 6.27. The molecule has 0 bridgehead atoms. The van der Waals surface area contributed by atoms with E-state index in [-0.39, 0.29) is 5.69 Å². The number of hydrogen-bond donors (Lipinski definition) is 1. The molecule has 0 aliphatic heterocycles. The van der Waals surface area contributed by atoms with Crippen LogP contribution in [0.1, 0.15) is 21.7 Å². The lowest BCUT2D eigenvalue weighted by Crippen LogP contribution is -2.12. The third-order valence-corrected chi connectivity index (χ3v) is 3.96. The third kappa shape index (κ3) is 3.03. The van der Waals surface area contributed by atoms with E-state index in [1.807, 2.05) is 0 Å². The van der Waals surface area contributed by atoms with Crippen molar-refractivity contribution in [3.8, 4) is 5.75 Å². The zero-order valence-corrected chi connectivity index (χ0v) is 14.0. The Morgan fingerprint density at radius 3 is 2.64 bits per heavy atom. The van der Waals surface area contributed by atoms with Crippen molar-refractivity contribution in [1.82, 2.24) is 0 Å². The number of rotatable bonds is 4. The molecule has 0 radical (unpaired) electrons. The Morgan fingerprint density at radius 2 is 1.96 bits per heavy atom. The van der Waals surface area contributed by atoms with E-state index in [1.54, 1.807) is 51.3 Å². The maximum Gasteiger partial charge on any atom is 0.274 e. The van der Waals surface area contributed by atoms with E-state index in [0.29, 0.717) is 39.3 Å². The molecule has 0 saturated heterocycles. The summed E-state index contributed by atoms with van der Waals surface area (Å²) in [4.78, 5) is 23.3. The van der Waals surface area contributed by atoms with Crippen molar-refractivity contribution >= 4 is 28.3 Å². The van der Waals surface area contributed by atoms with Crippen molar-refractivity contribution in [3.63, 3.8) is 0 Å². The summed E-state index contributed by atoms with van der Waals surface area (Å²) < 4.78 is 10.8. The van der Waals surface area contributed by atoms with Crippen LogP contribution in [-0.2, 0) is 0 Å². The molecule has 0 fully saturated rings. The summed E-state index contributed by atoms with van der Waals surface area (Å²) in [7, 11) is 1.54. The van der Waals surface area contributed by atoms with E-state index >= 15 is 0 Å². The number of nitrogens with one attached hydrogen (secondary N) is 1. The molecule has 7 nitrogen and oxygen atoms in total. The van der Waals surface area contributed by atoms with Crippen LogP contribution in [0.4, 0.5) is 11.4 Å². The number of amides is 1. The van der Waals surface area contributed by atoms with Crippen LogP contribution >= 0.6 is 0 Å². The van der Waals surface area contributed by atoms with Crippen molar-refractivity contribution in [1.29, 1.82) is 0 Å². The second-order valence-electron chi connectivity index (χ2n) is 5.61. The number of methoxy groups -OCH3 is 1. The van der Waals surface area contributed by atoms with E-state index in [4.69, 9.17) is 9.15 Å². The molecule has 0 atom stereocenters. The van der Waals surface area contributed by atoms with Gasteiger partial charge in [-0.3, -0.25) is 14.9 Å². The first-order valence-electron chi connectivity index (χ1n) is 7.54. The number of nitrogens with zero attached hydrogens (tertiary/aromatic N) is 1. The van der Waals surface area contributed by atoms with Gasteiger partial charge in [0.15, 0.2) is 0 Å². The summed E-state index contributed by atoms with van der Waals surface area (Å²) in [5, 5.41) is 14.4. The Hall–Kier alpha value is -3.35. The van der Waals surface area contributed by atoms with Crippen molar-refractivity contribution in [2.75, 3.05) is 12.4 Å². The maximum absolute atomic E-state index is 12.7. The van der Waals surface area contributed by atoms with E-state index in [0.717, 1.165) is 0 Å². The summed E-state index contributed by atoms with van der Waals surface area (Å²) in [5.74, 6) is 0.665. The van der Waals surface area contributed by atoms with Crippen molar-refractivity contribution < 1.29 is 18.9 Å². The number of hydrogen-bond acceptors (Lipinski definition) is 5. The largest absolute Gasteiger partial charge is 0.497 e. The highest BCUT2D eigenvalue weighted by Crippen LogP contribution is 2.30. The molecule has 0 aliphatic rings. The molecule has 0 aliphatic carbocycles. The van der Waals surface area contributed by atoms with Crippen LogP contribution in [0.5, 0.6) is 5.75 Å². The first-order chi connectivity index (χ1) is 11.9. The predicted octanol–water partition coefficient (Wildman–Crippen LogP) is 4.22. The van der Waals surface area contributed by atoms with Crippen LogP contribution in [0.2, 0.25) is 0 Å². The monoisotopic (exact) mass is 340 g/mol. The molecule has 25 heavy (non-hydrogen) atoms. The molecule has 0 saturated carbocycles. The first-order valence-corrected chi connectivity index (χ1v) is 7.54. The van der Waals surface area contributed by atoms with Crippen LogP contribution in [0.15, 0.2) is 40.8 Å². The van der Waals surface area contributed by atoms with Gasteiger partial charge in [-0.1, -0.05) is 6.07 Å². The molecule has 1 N–H and O–H groups in total. The molecule has 3 aromatic rings. The number of nitro benzene ring substituents is 1. The number of furan rings is 1. The molecule has 1 aromatic heterocycles. The smallest absolute Gasteiger partial charge is 0.274 e. The average molecular weight is 340 g/mol. The van der Waals surface area contributed by atoms with Gasteiger partial charge in [-0.05, 0) is 38.1 Å². The Labute approximate surface area is 143 Å². The minimum atomic E-state index is -0.478. The van der Waals surface area contributed by atoms with E-state index in [9.17, 15) is 14.9 Å².